The first-order valence-electron chi connectivity index (χ1n) is 4.03. The van der Waals surface area contributed by atoms with Crippen LogP contribution in [0.2, 0.25) is 5.02 Å². The molecule has 0 aliphatic rings. The van der Waals surface area contributed by atoms with Gasteiger partial charge in [-0.1, -0.05) is 23.8 Å². The molecule has 80 valence electrons. The van der Waals surface area contributed by atoms with Crippen LogP contribution in [0.5, 0.6) is 0 Å². The van der Waals surface area contributed by atoms with Gasteiger partial charge in [-0.2, -0.15) is 0 Å². The van der Waals surface area contributed by atoms with Crippen LogP contribution in [0.4, 0.5) is 5.69 Å². The number of benzene rings is 1. The number of hydrogen-bond donors (Lipinski definition) is 2. The van der Waals surface area contributed by atoms with E-state index < -0.39 is 0 Å². The lowest BCUT2D eigenvalue weighted by atomic mass is 10.2. The molecule has 1 aromatic carbocycles. The number of alkyl halides is 1. The molecule has 4 N–H and O–H groups in total. The summed E-state index contributed by atoms with van der Waals surface area (Å²) in [5.74, 6) is 0.505. The molecule has 0 radical (unpaired) electrons. The molecule has 6 heteroatoms. The molecule has 1 aromatic rings. The maximum absolute atomic E-state index is 5.94. The molecule has 0 amide bonds. The Morgan fingerprint density at radius 2 is 2.07 bits per heavy atom. The van der Waals surface area contributed by atoms with E-state index in [0.29, 0.717) is 22.1 Å². The van der Waals surface area contributed by atoms with Gasteiger partial charge in [-0.25, -0.2) is 4.99 Å². The molecule has 0 bridgehead atoms. The molecule has 15 heavy (non-hydrogen) atoms. The maximum Gasteiger partial charge on any atom is 0.115 e. The van der Waals surface area contributed by atoms with Gasteiger partial charge in [-0.05, 0) is 18.2 Å². The predicted molar refractivity (Wildman–Crippen MR) is 69.3 cm³/mol. The van der Waals surface area contributed by atoms with Crippen LogP contribution in [0.3, 0.4) is 0 Å². The molecule has 0 saturated carbocycles. The standard InChI is InChI=1S/C9H9Cl2N3S/c10-4-8(12)14-5-1-2-6(9(13)15)7(11)3-5/h1-3H,4H2,(H2,12,14)(H2,13,15). The molecule has 1 rings (SSSR count). The Kier molecular flexibility index (Phi) is 4.32. The lowest BCUT2D eigenvalue weighted by molar-refractivity contribution is 1.45. The first-order valence-corrected chi connectivity index (χ1v) is 5.35. The quantitative estimate of drug-likeness (QED) is 0.380. The Hall–Kier alpha value is -0.840. The summed E-state index contributed by atoms with van der Waals surface area (Å²) in [5.41, 5.74) is 12.2. The van der Waals surface area contributed by atoms with Crippen molar-refractivity contribution < 1.29 is 0 Å². The fourth-order valence-corrected chi connectivity index (χ4v) is 1.54. The number of aliphatic imine (C=N–C) groups is 1. The fraction of sp³-hybridized carbons (Fsp3) is 0.111. The van der Waals surface area contributed by atoms with Crippen molar-refractivity contribution in [1.82, 2.24) is 0 Å². The number of hydrogen-bond acceptors (Lipinski definition) is 2. The van der Waals surface area contributed by atoms with Gasteiger partial charge in [0.05, 0.1) is 16.6 Å². The van der Waals surface area contributed by atoms with Gasteiger partial charge in [-0.15, -0.1) is 11.6 Å². The maximum atomic E-state index is 5.94. The summed E-state index contributed by atoms with van der Waals surface area (Å²) in [5, 5.41) is 0.450. The molecular weight excluding hydrogens is 253 g/mol. The minimum Gasteiger partial charge on any atom is -0.389 e. The topological polar surface area (TPSA) is 64.4 Å². The zero-order valence-corrected chi connectivity index (χ0v) is 10.0. The average molecular weight is 262 g/mol. The van der Waals surface area contributed by atoms with E-state index in [1.54, 1.807) is 18.2 Å². The zero-order valence-electron chi connectivity index (χ0n) is 7.71. The summed E-state index contributed by atoms with van der Waals surface area (Å²) < 4.78 is 0. The molecule has 0 atom stereocenters. The average Bonchev–Trinajstić information content (AvgIpc) is 2.17. The van der Waals surface area contributed by atoms with Crippen LogP contribution in [0.25, 0.3) is 0 Å². The molecular formula is C9H9Cl2N3S. The van der Waals surface area contributed by atoms with E-state index in [4.69, 9.17) is 46.9 Å². The first-order chi connectivity index (χ1) is 7.04. The molecule has 0 heterocycles. The lowest BCUT2D eigenvalue weighted by Gasteiger charge is -2.03. The number of amidine groups is 1. The Bertz CT molecular complexity index is 418. The van der Waals surface area contributed by atoms with E-state index in [-0.39, 0.29) is 10.9 Å². The van der Waals surface area contributed by atoms with Gasteiger partial charge in [0, 0.05) is 5.56 Å². The number of nitrogens with two attached hydrogens (primary N) is 2. The van der Waals surface area contributed by atoms with Crippen molar-refractivity contribution in [2.24, 2.45) is 16.5 Å². The van der Waals surface area contributed by atoms with E-state index >= 15 is 0 Å². The summed E-state index contributed by atoms with van der Waals surface area (Å²) in [6, 6.07) is 5.06. The fourth-order valence-electron chi connectivity index (χ4n) is 0.969. The van der Waals surface area contributed by atoms with Gasteiger partial charge in [0.2, 0.25) is 0 Å². The van der Waals surface area contributed by atoms with Crippen LogP contribution < -0.4 is 11.5 Å². The molecule has 0 unspecified atom stereocenters. The van der Waals surface area contributed by atoms with Crippen LogP contribution in [0.1, 0.15) is 5.56 Å². The minimum atomic E-state index is 0.175. The van der Waals surface area contributed by atoms with Gasteiger partial charge >= 0.3 is 0 Å². The number of thiocarbonyl (C=S) groups is 1. The largest absolute Gasteiger partial charge is 0.389 e. The Morgan fingerprint density at radius 1 is 1.40 bits per heavy atom. The van der Waals surface area contributed by atoms with Crippen LogP contribution in [-0.2, 0) is 0 Å². The second kappa shape index (κ2) is 5.30. The molecule has 3 nitrogen and oxygen atoms in total. The van der Waals surface area contributed by atoms with Crippen LogP contribution in [0.15, 0.2) is 23.2 Å². The van der Waals surface area contributed by atoms with E-state index in [0.717, 1.165) is 0 Å². The van der Waals surface area contributed by atoms with Crippen molar-refractivity contribution in [3.63, 3.8) is 0 Å². The van der Waals surface area contributed by atoms with Crippen LogP contribution in [-0.4, -0.2) is 16.7 Å². The number of rotatable bonds is 3. The minimum absolute atomic E-state index is 0.175. The molecule has 0 fully saturated rings. The molecule has 0 aliphatic carbocycles. The summed E-state index contributed by atoms with van der Waals surface area (Å²) >= 11 is 16.2. The second-order valence-electron chi connectivity index (χ2n) is 2.77. The van der Waals surface area contributed by atoms with Crippen LogP contribution >= 0.6 is 35.4 Å². The van der Waals surface area contributed by atoms with Gasteiger partial charge in [0.25, 0.3) is 0 Å². The third kappa shape index (κ3) is 3.34. The highest BCUT2D eigenvalue weighted by molar-refractivity contribution is 7.80. The van der Waals surface area contributed by atoms with Crippen molar-refractivity contribution in [2.75, 3.05) is 5.88 Å². The molecule has 0 aliphatic heterocycles. The van der Waals surface area contributed by atoms with Crippen molar-refractivity contribution in [3.05, 3.63) is 28.8 Å². The smallest absolute Gasteiger partial charge is 0.115 e. The summed E-state index contributed by atoms with van der Waals surface area (Å²) in [6.45, 7) is 0. The van der Waals surface area contributed by atoms with E-state index in [9.17, 15) is 0 Å². The Labute approximate surface area is 103 Å². The predicted octanol–water partition coefficient (Wildman–Crippen LogP) is 2.20. The Morgan fingerprint density at radius 3 is 2.53 bits per heavy atom. The van der Waals surface area contributed by atoms with Gasteiger partial charge in [0.1, 0.15) is 10.8 Å². The normalized spacial score (nSPS) is 11.5. The number of halogens is 2. The van der Waals surface area contributed by atoms with Gasteiger partial charge < -0.3 is 11.5 Å². The molecule has 0 aromatic heterocycles. The molecule has 0 spiro atoms. The van der Waals surface area contributed by atoms with Crippen molar-refractivity contribution in [3.8, 4) is 0 Å². The third-order valence-electron chi connectivity index (χ3n) is 1.63. The highest BCUT2D eigenvalue weighted by Crippen LogP contribution is 2.22. The highest BCUT2D eigenvalue weighted by Gasteiger charge is 2.03. The second-order valence-corrected chi connectivity index (χ2v) is 3.88. The monoisotopic (exact) mass is 261 g/mol. The van der Waals surface area contributed by atoms with E-state index in [1.807, 2.05) is 0 Å². The first kappa shape index (κ1) is 12.2. The summed E-state index contributed by atoms with van der Waals surface area (Å²) in [4.78, 5) is 4.28. The van der Waals surface area contributed by atoms with Gasteiger partial charge in [0.15, 0.2) is 0 Å². The van der Waals surface area contributed by atoms with Crippen molar-refractivity contribution >= 4 is 51.9 Å². The van der Waals surface area contributed by atoms with Gasteiger partial charge in [-0.3, -0.25) is 0 Å². The highest BCUT2D eigenvalue weighted by atomic mass is 35.5. The SMILES string of the molecule is NC(=S)c1ccc(N=C(N)CCl)cc1Cl. The number of nitrogens with zero attached hydrogens (tertiary/aromatic N) is 1. The van der Waals surface area contributed by atoms with Crippen molar-refractivity contribution in [2.45, 2.75) is 0 Å². The van der Waals surface area contributed by atoms with E-state index in [2.05, 4.69) is 4.99 Å². The zero-order chi connectivity index (χ0) is 11.4. The lowest BCUT2D eigenvalue weighted by Crippen LogP contribution is -2.12. The van der Waals surface area contributed by atoms with E-state index in [1.165, 1.54) is 0 Å². The third-order valence-corrected chi connectivity index (χ3v) is 2.43. The summed E-state index contributed by atoms with van der Waals surface area (Å²) in [6.07, 6.45) is 0. The van der Waals surface area contributed by atoms with Crippen molar-refractivity contribution in [1.29, 1.82) is 0 Å². The van der Waals surface area contributed by atoms with Crippen LogP contribution in [0, 0.1) is 0 Å². The Balaban J connectivity index is 3.07. The summed E-state index contributed by atoms with van der Waals surface area (Å²) in [7, 11) is 0. The molecule has 0 saturated heterocycles.